The van der Waals surface area contributed by atoms with Gasteiger partial charge in [-0.1, -0.05) is 0 Å². The molecule has 0 aromatic heterocycles. The molecule has 0 aliphatic carbocycles. The van der Waals surface area contributed by atoms with Crippen LogP contribution in [-0.2, 0) is 18.9 Å². The summed E-state index contributed by atoms with van der Waals surface area (Å²) in [7, 11) is 0. The lowest BCUT2D eigenvalue weighted by Gasteiger charge is -2.38. The zero-order chi connectivity index (χ0) is 22.9. The number of ether oxygens (including phenoxy) is 4. The molecule has 174 valence electrons. The molecule has 0 bridgehead atoms. The summed E-state index contributed by atoms with van der Waals surface area (Å²) in [4.78, 5) is 0. The second-order valence-electron chi connectivity index (χ2n) is 6.71. The van der Waals surface area contributed by atoms with Gasteiger partial charge in [0, 0.05) is 13.3 Å². The highest BCUT2D eigenvalue weighted by Crippen LogP contribution is 2.57. The Labute approximate surface area is 159 Å². The van der Waals surface area contributed by atoms with E-state index in [2.05, 4.69) is 4.74 Å². The molecule has 1 fully saturated rings. The zero-order valence-corrected chi connectivity index (χ0v) is 15.5. The van der Waals surface area contributed by atoms with Gasteiger partial charge in [0.2, 0.25) is 0 Å². The molecule has 29 heavy (non-hydrogen) atoms. The van der Waals surface area contributed by atoms with Crippen LogP contribution in [0.4, 0.5) is 43.9 Å². The summed E-state index contributed by atoms with van der Waals surface area (Å²) in [5.41, 5.74) is 0. The maximum atomic E-state index is 13.6. The molecular formula is C15H20F10O4. The molecule has 0 spiro atoms. The molecule has 0 aromatic carbocycles. The van der Waals surface area contributed by atoms with E-state index in [4.69, 9.17) is 14.2 Å². The SMILES string of the molecule is CC(C)OC1OCC(COCCC(F)(F)C(F)(F)C(F)(F)C(F)(F)C(C)(F)F)O1. The van der Waals surface area contributed by atoms with Crippen molar-refractivity contribution in [1.82, 2.24) is 0 Å². The maximum absolute atomic E-state index is 13.6. The first-order valence-electron chi connectivity index (χ1n) is 8.26. The second kappa shape index (κ2) is 8.71. The van der Waals surface area contributed by atoms with Gasteiger partial charge in [-0.3, -0.25) is 0 Å². The van der Waals surface area contributed by atoms with Crippen LogP contribution in [-0.4, -0.2) is 68.1 Å². The molecule has 0 radical (unpaired) electrons. The molecule has 4 nitrogen and oxygen atoms in total. The van der Waals surface area contributed by atoms with Gasteiger partial charge in [-0.05, 0) is 13.8 Å². The normalized spacial score (nSPS) is 22.6. The van der Waals surface area contributed by atoms with E-state index in [0.717, 1.165) is 0 Å². The van der Waals surface area contributed by atoms with Crippen molar-refractivity contribution < 1.29 is 62.9 Å². The monoisotopic (exact) mass is 454 g/mol. The molecule has 0 N–H and O–H groups in total. The van der Waals surface area contributed by atoms with E-state index >= 15 is 0 Å². The first-order chi connectivity index (χ1) is 12.9. The van der Waals surface area contributed by atoms with E-state index < -0.39 is 68.8 Å². The highest BCUT2D eigenvalue weighted by Gasteiger charge is 2.84. The fraction of sp³-hybridized carbons (Fsp3) is 1.00. The molecule has 1 heterocycles. The van der Waals surface area contributed by atoms with Crippen LogP contribution in [0.2, 0.25) is 0 Å². The molecular weight excluding hydrogens is 434 g/mol. The summed E-state index contributed by atoms with van der Waals surface area (Å²) in [5, 5.41) is 0. The smallest absolute Gasteiger partial charge is 0.378 e. The van der Waals surface area contributed by atoms with Crippen LogP contribution in [0.3, 0.4) is 0 Å². The van der Waals surface area contributed by atoms with Gasteiger partial charge in [0.1, 0.15) is 6.10 Å². The lowest BCUT2D eigenvalue weighted by molar-refractivity contribution is -0.400. The lowest BCUT2D eigenvalue weighted by atomic mass is 9.94. The fourth-order valence-corrected chi connectivity index (χ4v) is 2.08. The van der Waals surface area contributed by atoms with Crippen LogP contribution < -0.4 is 0 Å². The Morgan fingerprint density at radius 3 is 1.93 bits per heavy atom. The van der Waals surface area contributed by atoms with Gasteiger partial charge in [-0.25, -0.2) is 0 Å². The molecule has 1 aliphatic rings. The largest absolute Gasteiger partial charge is 0.384 e. The summed E-state index contributed by atoms with van der Waals surface area (Å²) in [6.07, 6.45) is -3.27. The minimum Gasteiger partial charge on any atom is -0.378 e. The Balaban J connectivity index is 2.65. The summed E-state index contributed by atoms with van der Waals surface area (Å²) in [6, 6.07) is 0. The van der Waals surface area contributed by atoms with Crippen LogP contribution in [0.25, 0.3) is 0 Å². The second-order valence-corrected chi connectivity index (χ2v) is 6.71. The molecule has 0 aromatic rings. The van der Waals surface area contributed by atoms with Crippen molar-refractivity contribution in [2.45, 2.75) is 75.5 Å². The minimum absolute atomic E-state index is 0.111. The van der Waals surface area contributed by atoms with Crippen LogP contribution in [0.1, 0.15) is 27.2 Å². The maximum Gasteiger partial charge on any atom is 0.384 e. The van der Waals surface area contributed by atoms with Crippen molar-refractivity contribution in [2.24, 2.45) is 0 Å². The van der Waals surface area contributed by atoms with Crippen LogP contribution >= 0.6 is 0 Å². The van der Waals surface area contributed by atoms with E-state index in [1.54, 1.807) is 13.8 Å². The quantitative estimate of drug-likeness (QED) is 0.335. The first kappa shape index (κ1) is 26.2. The summed E-state index contributed by atoms with van der Waals surface area (Å²) >= 11 is 0. The van der Waals surface area contributed by atoms with Crippen molar-refractivity contribution in [3.8, 4) is 0 Å². The Morgan fingerprint density at radius 1 is 0.897 bits per heavy atom. The van der Waals surface area contributed by atoms with Crippen molar-refractivity contribution in [3.63, 3.8) is 0 Å². The van der Waals surface area contributed by atoms with Crippen LogP contribution in [0.5, 0.6) is 0 Å². The molecule has 0 saturated carbocycles. The predicted octanol–water partition coefficient (Wildman–Crippen LogP) is 4.71. The van der Waals surface area contributed by atoms with Crippen LogP contribution in [0.15, 0.2) is 0 Å². The molecule has 1 rings (SSSR count). The van der Waals surface area contributed by atoms with Gasteiger partial charge in [0.15, 0.2) is 0 Å². The third-order valence-corrected chi connectivity index (χ3v) is 3.77. The van der Waals surface area contributed by atoms with Gasteiger partial charge in [-0.15, -0.1) is 0 Å². The van der Waals surface area contributed by atoms with Crippen molar-refractivity contribution >= 4 is 0 Å². The molecule has 0 amide bonds. The average Bonchev–Trinajstić information content (AvgIpc) is 2.96. The topological polar surface area (TPSA) is 36.9 Å². The molecule has 2 atom stereocenters. The zero-order valence-electron chi connectivity index (χ0n) is 15.5. The van der Waals surface area contributed by atoms with E-state index in [1.807, 2.05) is 0 Å². The molecule has 1 saturated heterocycles. The van der Waals surface area contributed by atoms with Crippen molar-refractivity contribution in [2.75, 3.05) is 19.8 Å². The molecule has 14 heteroatoms. The Morgan fingerprint density at radius 2 is 1.45 bits per heavy atom. The van der Waals surface area contributed by atoms with E-state index in [0.29, 0.717) is 0 Å². The van der Waals surface area contributed by atoms with E-state index in [1.165, 1.54) is 0 Å². The Hall–Kier alpha value is -0.860. The predicted molar refractivity (Wildman–Crippen MR) is 76.7 cm³/mol. The Kier molecular flexibility index (Phi) is 7.86. The number of hydrogen-bond acceptors (Lipinski definition) is 4. The van der Waals surface area contributed by atoms with Crippen LogP contribution in [0, 0.1) is 0 Å². The first-order valence-corrected chi connectivity index (χ1v) is 8.26. The van der Waals surface area contributed by atoms with Gasteiger partial charge in [-0.2, -0.15) is 43.9 Å². The summed E-state index contributed by atoms with van der Waals surface area (Å²) in [6.45, 7) is -0.413. The Bertz CT molecular complexity index is 536. The highest BCUT2D eigenvalue weighted by molar-refractivity contribution is 5.07. The number of halogens is 10. The van der Waals surface area contributed by atoms with Gasteiger partial charge >= 0.3 is 29.6 Å². The average molecular weight is 454 g/mol. The fourth-order valence-electron chi connectivity index (χ4n) is 2.08. The molecule has 1 aliphatic heterocycles. The van der Waals surface area contributed by atoms with Gasteiger partial charge < -0.3 is 18.9 Å². The number of alkyl halides is 10. The number of hydrogen-bond donors (Lipinski definition) is 0. The van der Waals surface area contributed by atoms with E-state index in [9.17, 15) is 43.9 Å². The molecule has 2 unspecified atom stereocenters. The van der Waals surface area contributed by atoms with Crippen molar-refractivity contribution in [1.29, 1.82) is 0 Å². The third kappa shape index (κ3) is 5.44. The number of rotatable bonds is 11. The minimum atomic E-state index is -7.04. The lowest BCUT2D eigenvalue weighted by Crippen LogP contribution is -2.66. The van der Waals surface area contributed by atoms with Gasteiger partial charge in [0.05, 0.1) is 25.9 Å². The standard InChI is InChI=1S/C15H20F10O4/c1-8(2)28-10-27-7-9(29-10)6-26-5-4-12(18,19)14(22,23)15(24,25)13(20,21)11(3,16)17/h8-10H,4-7H2,1-3H3. The van der Waals surface area contributed by atoms with Crippen molar-refractivity contribution in [3.05, 3.63) is 0 Å². The third-order valence-electron chi connectivity index (χ3n) is 3.77. The highest BCUT2D eigenvalue weighted by atomic mass is 19.4. The van der Waals surface area contributed by atoms with Gasteiger partial charge in [0.25, 0.3) is 6.48 Å². The van der Waals surface area contributed by atoms with E-state index in [-0.39, 0.29) is 12.7 Å². The summed E-state index contributed by atoms with van der Waals surface area (Å²) in [5.74, 6) is -32.0. The summed E-state index contributed by atoms with van der Waals surface area (Å²) < 4.78 is 152.